The van der Waals surface area contributed by atoms with Crippen molar-refractivity contribution in [2.75, 3.05) is 7.11 Å². The van der Waals surface area contributed by atoms with Crippen LogP contribution in [0.25, 0.3) is 22.3 Å². The van der Waals surface area contributed by atoms with E-state index in [4.69, 9.17) is 14.2 Å². The van der Waals surface area contributed by atoms with Gasteiger partial charge in [-0.15, -0.1) is 0 Å². The maximum Gasteiger partial charge on any atom is 0.338 e. The van der Waals surface area contributed by atoms with Crippen LogP contribution in [0.5, 0.6) is 17.2 Å². The highest BCUT2D eigenvalue weighted by Crippen LogP contribution is 2.35. The van der Waals surface area contributed by atoms with Crippen LogP contribution >= 0.6 is 0 Å². The molecule has 0 aromatic heterocycles. The number of hydrogen-bond acceptors (Lipinski definition) is 5. The van der Waals surface area contributed by atoms with Crippen molar-refractivity contribution in [3.05, 3.63) is 90.5 Å². The molecule has 3 aromatic carbocycles. The Balaban J connectivity index is 1.89. The Bertz CT molecular complexity index is 1310. The zero-order chi connectivity index (χ0) is 25.0. The lowest BCUT2D eigenvalue weighted by molar-refractivity contribution is -0.131. The van der Waals surface area contributed by atoms with Gasteiger partial charge in [0, 0.05) is 16.7 Å². The van der Waals surface area contributed by atoms with E-state index in [1.54, 1.807) is 24.3 Å². The van der Waals surface area contributed by atoms with Crippen molar-refractivity contribution >= 4 is 11.9 Å². The molecule has 5 nitrogen and oxygen atoms in total. The van der Waals surface area contributed by atoms with E-state index in [-0.39, 0.29) is 34.0 Å². The number of carbonyl (C=O) groups is 2. The Labute approximate surface area is 195 Å². The van der Waals surface area contributed by atoms with Crippen molar-refractivity contribution in [3.63, 3.8) is 0 Å². The molecule has 0 N–H and O–H groups in total. The molecule has 3 rings (SSSR count). The van der Waals surface area contributed by atoms with Crippen LogP contribution in [0.15, 0.2) is 78.9 Å². The van der Waals surface area contributed by atoms with Gasteiger partial charge in [-0.05, 0) is 60.9 Å². The van der Waals surface area contributed by atoms with E-state index >= 15 is 4.39 Å². The van der Waals surface area contributed by atoms with E-state index in [1.807, 2.05) is 0 Å². The molecule has 0 bridgehead atoms. The molecule has 0 unspecified atom stereocenters. The number of carbonyl (C=O) groups excluding carboxylic acids is 2. The van der Waals surface area contributed by atoms with Gasteiger partial charge in [-0.2, -0.15) is 0 Å². The van der Waals surface area contributed by atoms with Crippen molar-refractivity contribution in [2.24, 2.45) is 0 Å². The Morgan fingerprint density at radius 3 is 1.71 bits per heavy atom. The summed E-state index contributed by atoms with van der Waals surface area (Å²) >= 11 is 0. The number of methoxy groups -OCH3 is 1. The van der Waals surface area contributed by atoms with Gasteiger partial charge in [0.25, 0.3) is 0 Å². The summed E-state index contributed by atoms with van der Waals surface area (Å²) in [5.74, 6) is -2.47. The number of halogens is 2. The van der Waals surface area contributed by atoms with Gasteiger partial charge in [0.2, 0.25) is 0 Å². The fourth-order valence-corrected chi connectivity index (χ4v) is 2.99. The molecule has 0 aliphatic heterocycles. The van der Waals surface area contributed by atoms with Crippen LogP contribution in [0.2, 0.25) is 0 Å². The molecule has 0 fully saturated rings. The fourth-order valence-electron chi connectivity index (χ4n) is 2.99. The van der Waals surface area contributed by atoms with E-state index in [0.717, 1.165) is 6.07 Å². The van der Waals surface area contributed by atoms with Crippen molar-refractivity contribution in [1.29, 1.82) is 0 Å². The number of rotatable bonds is 7. The average Bonchev–Trinajstić information content (AvgIpc) is 2.80. The van der Waals surface area contributed by atoms with E-state index < -0.39 is 23.6 Å². The summed E-state index contributed by atoms with van der Waals surface area (Å²) in [4.78, 5) is 23.4. The molecule has 0 amide bonds. The molecule has 3 aromatic rings. The molecular formula is C27H22F2O5. The highest BCUT2D eigenvalue weighted by atomic mass is 19.1. The second-order valence-corrected chi connectivity index (χ2v) is 7.55. The highest BCUT2D eigenvalue weighted by molar-refractivity contribution is 5.89. The first-order valence-corrected chi connectivity index (χ1v) is 10.1. The van der Waals surface area contributed by atoms with Crippen LogP contribution in [0.3, 0.4) is 0 Å². The molecule has 0 spiro atoms. The molecule has 7 heteroatoms. The summed E-state index contributed by atoms with van der Waals surface area (Å²) in [5.41, 5.74) is 1.96. The smallest absolute Gasteiger partial charge is 0.338 e. The van der Waals surface area contributed by atoms with Gasteiger partial charge in [-0.25, -0.2) is 18.4 Å². The van der Waals surface area contributed by atoms with Gasteiger partial charge in [0.15, 0.2) is 23.1 Å². The molecule has 0 atom stereocenters. The van der Waals surface area contributed by atoms with Crippen LogP contribution in [-0.4, -0.2) is 19.0 Å². The van der Waals surface area contributed by atoms with Crippen molar-refractivity contribution in [1.82, 2.24) is 0 Å². The van der Waals surface area contributed by atoms with E-state index in [2.05, 4.69) is 13.2 Å². The van der Waals surface area contributed by atoms with E-state index in [0.29, 0.717) is 16.7 Å². The third kappa shape index (κ3) is 5.38. The van der Waals surface area contributed by atoms with Crippen LogP contribution in [0.1, 0.15) is 13.8 Å². The molecule has 0 aliphatic carbocycles. The normalized spacial score (nSPS) is 10.4. The van der Waals surface area contributed by atoms with Crippen LogP contribution in [0.4, 0.5) is 8.78 Å². The Kier molecular flexibility index (Phi) is 7.26. The Hall–Kier alpha value is -4.26. The summed E-state index contributed by atoms with van der Waals surface area (Å²) in [7, 11) is 1.41. The molecule has 174 valence electrons. The lowest BCUT2D eigenvalue weighted by Crippen LogP contribution is -2.09. The van der Waals surface area contributed by atoms with E-state index in [9.17, 15) is 14.0 Å². The van der Waals surface area contributed by atoms with Crippen LogP contribution in [-0.2, 0) is 9.59 Å². The molecule has 34 heavy (non-hydrogen) atoms. The lowest BCUT2D eigenvalue weighted by atomic mass is 9.99. The average molecular weight is 464 g/mol. The van der Waals surface area contributed by atoms with Crippen LogP contribution in [0, 0.1) is 11.6 Å². The second kappa shape index (κ2) is 10.1. The molecule has 0 heterocycles. The first-order chi connectivity index (χ1) is 16.1. The summed E-state index contributed by atoms with van der Waals surface area (Å²) in [5, 5.41) is 0. The maximum absolute atomic E-state index is 15.0. The zero-order valence-corrected chi connectivity index (χ0v) is 18.9. The van der Waals surface area contributed by atoms with Gasteiger partial charge in [-0.1, -0.05) is 37.4 Å². The SMILES string of the molecule is C=C(C)C(=O)Oc1ccc(-c2ccc(-c3ccc(OC(=O)C(=C)C)c(OC)c3)c(F)c2)cc1F. The molecule has 0 saturated heterocycles. The van der Waals surface area contributed by atoms with Crippen molar-refractivity contribution in [2.45, 2.75) is 13.8 Å². The molecule has 0 aliphatic rings. The van der Waals surface area contributed by atoms with E-state index in [1.165, 1.54) is 45.2 Å². The molecule has 0 radical (unpaired) electrons. The fraction of sp³-hybridized carbons (Fsp3) is 0.111. The van der Waals surface area contributed by atoms with Crippen LogP contribution < -0.4 is 14.2 Å². The lowest BCUT2D eigenvalue weighted by Gasteiger charge is -2.12. The summed E-state index contributed by atoms with van der Waals surface area (Å²) in [6, 6.07) is 13.1. The number of hydrogen-bond donors (Lipinski definition) is 0. The predicted octanol–water partition coefficient (Wildman–Crippen LogP) is 6.27. The summed E-state index contributed by atoms with van der Waals surface area (Å²) in [6.07, 6.45) is 0. The second-order valence-electron chi connectivity index (χ2n) is 7.55. The van der Waals surface area contributed by atoms with Gasteiger partial charge in [-0.3, -0.25) is 0 Å². The topological polar surface area (TPSA) is 61.8 Å². The van der Waals surface area contributed by atoms with Crippen molar-refractivity contribution in [3.8, 4) is 39.5 Å². The minimum atomic E-state index is -0.763. The number of esters is 2. The quantitative estimate of drug-likeness (QED) is 0.234. The summed E-state index contributed by atoms with van der Waals surface area (Å²) < 4.78 is 44.8. The first-order valence-electron chi connectivity index (χ1n) is 10.1. The third-order valence-corrected chi connectivity index (χ3v) is 4.81. The number of benzene rings is 3. The summed E-state index contributed by atoms with van der Waals surface area (Å²) in [6.45, 7) is 9.96. The van der Waals surface area contributed by atoms with Gasteiger partial charge < -0.3 is 14.2 Å². The first kappa shape index (κ1) is 24.4. The minimum Gasteiger partial charge on any atom is -0.493 e. The standard InChI is InChI=1S/C27H22F2O5/c1-15(2)26(30)33-23-10-7-18(13-22(23)29)17-6-9-20(21(28)12-17)19-8-11-24(25(14-19)32-5)34-27(31)16(3)4/h6-14H,1,3H2,2,4-5H3. The largest absolute Gasteiger partial charge is 0.493 e. The highest BCUT2D eigenvalue weighted by Gasteiger charge is 2.16. The Morgan fingerprint density at radius 2 is 1.18 bits per heavy atom. The molecular weight excluding hydrogens is 442 g/mol. The molecule has 0 saturated carbocycles. The minimum absolute atomic E-state index is 0.139. The van der Waals surface area contributed by atoms with Crippen molar-refractivity contribution < 1.29 is 32.6 Å². The predicted molar refractivity (Wildman–Crippen MR) is 125 cm³/mol. The van der Waals surface area contributed by atoms with Gasteiger partial charge in [0.1, 0.15) is 5.82 Å². The Morgan fingerprint density at radius 1 is 0.676 bits per heavy atom. The number of ether oxygens (including phenoxy) is 3. The monoisotopic (exact) mass is 464 g/mol. The third-order valence-electron chi connectivity index (χ3n) is 4.81. The maximum atomic E-state index is 15.0. The van der Waals surface area contributed by atoms with Gasteiger partial charge in [0.05, 0.1) is 7.11 Å². The van der Waals surface area contributed by atoms with Gasteiger partial charge >= 0.3 is 11.9 Å². The zero-order valence-electron chi connectivity index (χ0n) is 18.9.